The second-order valence-electron chi connectivity index (χ2n) is 3.43. The highest BCUT2D eigenvalue weighted by Gasteiger charge is 2.38. The summed E-state index contributed by atoms with van der Waals surface area (Å²) in [7, 11) is 1.42. The molecule has 0 N–H and O–H groups in total. The standard InChI is InChI=1S/C9H8F3N5O/c1-5-3-6(4-13-7(5)18-2)17-8(9(10,11)12)14-15-16-17/h3-4H,1-2H3. The Bertz CT molecular complexity index is 566. The minimum absolute atomic E-state index is 0.116. The van der Waals surface area contributed by atoms with Gasteiger partial charge in [0.2, 0.25) is 5.88 Å². The van der Waals surface area contributed by atoms with Crippen molar-refractivity contribution in [1.82, 2.24) is 25.2 Å². The van der Waals surface area contributed by atoms with E-state index in [4.69, 9.17) is 4.74 Å². The fourth-order valence-corrected chi connectivity index (χ4v) is 1.41. The predicted octanol–water partition coefficient (Wildman–Crippen LogP) is 1.39. The number of pyridine rings is 1. The van der Waals surface area contributed by atoms with Crippen LogP contribution in [0.2, 0.25) is 0 Å². The molecule has 0 aromatic carbocycles. The Morgan fingerprint density at radius 1 is 1.33 bits per heavy atom. The van der Waals surface area contributed by atoms with E-state index in [2.05, 4.69) is 20.5 Å². The summed E-state index contributed by atoms with van der Waals surface area (Å²) in [5.74, 6) is -0.866. The van der Waals surface area contributed by atoms with Crippen LogP contribution in [0.25, 0.3) is 5.69 Å². The van der Waals surface area contributed by atoms with Crippen molar-refractivity contribution in [3.63, 3.8) is 0 Å². The van der Waals surface area contributed by atoms with E-state index < -0.39 is 12.0 Å². The van der Waals surface area contributed by atoms with E-state index in [-0.39, 0.29) is 5.69 Å². The summed E-state index contributed by atoms with van der Waals surface area (Å²) in [6.45, 7) is 1.66. The molecule has 0 spiro atoms. The quantitative estimate of drug-likeness (QED) is 0.815. The lowest BCUT2D eigenvalue weighted by Crippen LogP contribution is -2.15. The van der Waals surface area contributed by atoms with Gasteiger partial charge in [0, 0.05) is 5.56 Å². The molecule has 2 rings (SSSR count). The smallest absolute Gasteiger partial charge is 0.453 e. The number of ether oxygens (including phenoxy) is 1. The molecular formula is C9H8F3N5O. The van der Waals surface area contributed by atoms with Gasteiger partial charge in [0.15, 0.2) is 0 Å². The number of methoxy groups -OCH3 is 1. The minimum atomic E-state index is -4.63. The molecule has 0 amide bonds. The molecule has 0 unspecified atom stereocenters. The van der Waals surface area contributed by atoms with E-state index in [1.807, 2.05) is 0 Å². The van der Waals surface area contributed by atoms with Gasteiger partial charge < -0.3 is 4.74 Å². The normalized spacial score (nSPS) is 11.6. The van der Waals surface area contributed by atoms with Crippen LogP contribution in [0.4, 0.5) is 13.2 Å². The molecule has 0 bridgehead atoms. The molecule has 2 aromatic heterocycles. The first kappa shape index (κ1) is 12.3. The van der Waals surface area contributed by atoms with Gasteiger partial charge in [-0.05, 0) is 23.4 Å². The largest absolute Gasteiger partial charge is 0.481 e. The molecule has 2 aromatic rings. The molecule has 96 valence electrons. The molecule has 2 heterocycles. The van der Waals surface area contributed by atoms with E-state index in [1.165, 1.54) is 19.4 Å². The van der Waals surface area contributed by atoms with Gasteiger partial charge >= 0.3 is 6.18 Å². The molecule has 0 radical (unpaired) electrons. The van der Waals surface area contributed by atoms with Crippen molar-refractivity contribution in [3.8, 4) is 11.6 Å². The molecule has 0 atom stereocenters. The lowest BCUT2D eigenvalue weighted by Gasteiger charge is -2.08. The van der Waals surface area contributed by atoms with Gasteiger partial charge in [-0.15, -0.1) is 5.10 Å². The highest BCUT2D eigenvalue weighted by atomic mass is 19.4. The monoisotopic (exact) mass is 259 g/mol. The van der Waals surface area contributed by atoms with Crippen LogP contribution in [-0.2, 0) is 6.18 Å². The van der Waals surface area contributed by atoms with Gasteiger partial charge in [-0.25, -0.2) is 4.98 Å². The first-order valence-corrected chi connectivity index (χ1v) is 4.80. The molecule has 0 saturated heterocycles. The zero-order chi connectivity index (χ0) is 13.3. The van der Waals surface area contributed by atoms with Crippen molar-refractivity contribution in [2.75, 3.05) is 7.11 Å². The van der Waals surface area contributed by atoms with E-state index in [9.17, 15) is 13.2 Å². The third-order valence-corrected chi connectivity index (χ3v) is 2.18. The Hall–Kier alpha value is -2.19. The van der Waals surface area contributed by atoms with Gasteiger partial charge in [-0.1, -0.05) is 0 Å². The minimum Gasteiger partial charge on any atom is -0.481 e. The van der Waals surface area contributed by atoms with Crippen LogP contribution >= 0.6 is 0 Å². The first-order valence-electron chi connectivity index (χ1n) is 4.80. The van der Waals surface area contributed by atoms with E-state index in [0.29, 0.717) is 16.1 Å². The van der Waals surface area contributed by atoms with Crippen molar-refractivity contribution in [2.24, 2.45) is 0 Å². The fourth-order valence-electron chi connectivity index (χ4n) is 1.41. The van der Waals surface area contributed by atoms with Gasteiger partial charge in [-0.3, -0.25) is 0 Å². The summed E-state index contributed by atoms with van der Waals surface area (Å²) in [5, 5.41) is 9.28. The lowest BCUT2D eigenvalue weighted by molar-refractivity contribution is -0.146. The first-order chi connectivity index (χ1) is 8.43. The maximum Gasteiger partial charge on any atom is 0.453 e. The van der Waals surface area contributed by atoms with E-state index in [1.54, 1.807) is 6.92 Å². The molecule has 0 fully saturated rings. The number of halogens is 3. The highest BCUT2D eigenvalue weighted by molar-refractivity contribution is 5.37. The number of nitrogens with zero attached hydrogens (tertiary/aromatic N) is 5. The molecule has 6 nitrogen and oxygen atoms in total. The number of aromatic nitrogens is 5. The number of rotatable bonds is 2. The third-order valence-electron chi connectivity index (χ3n) is 2.18. The zero-order valence-electron chi connectivity index (χ0n) is 9.43. The SMILES string of the molecule is COc1ncc(-n2nnnc2C(F)(F)F)cc1C. The van der Waals surface area contributed by atoms with Crippen LogP contribution in [0.3, 0.4) is 0 Å². The Balaban J connectivity index is 2.50. The Labute approximate surface area is 99.4 Å². The maximum absolute atomic E-state index is 12.6. The Kier molecular flexibility index (Phi) is 2.89. The van der Waals surface area contributed by atoms with Gasteiger partial charge in [0.25, 0.3) is 5.82 Å². The number of aryl methyl sites for hydroxylation is 1. The molecular weight excluding hydrogens is 251 g/mol. The topological polar surface area (TPSA) is 65.7 Å². The van der Waals surface area contributed by atoms with Crippen LogP contribution in [0, 0.1) is 6.92 Å². The summed E-state index contributed by atoms with van der Waals surface area (Å²) in [5.41, 5.74) is 0.698. The predicted molar refractivity (Wildman–Crippen MR) is 53.2 cm³/mol. The second-order valence-corrected chi connectivity index (χ2v) is 3.43. The molecule has 0 saturated carbocycles. The van der Waals surface area contributed by atoms with Gasteiger partial charge in [0.05, 0.1) is 19.0 Å². The van der Waals surface area contributed by atoms with Gasteiger partial charge in [0.1, 0.15) is 0 Å². The fraction of sp³-hybridized carbons (Fsp3) is 0.333. The molecule has 0 aliphatic heterocycles. The maximum atomic E-state index is 12.6. The number of hydrogen-bond donors (Lipinski definition) is 0. The summed E-state index contributed by atoms with van der Waals surface area (Å²) >= 11 is 0. The summed E-state index contributed by atoms with van der Waals surface area (Å²) in [6, 6.07) is 1.46. The summed E-state index contributed by atoms with van der Waals surface area (Å²) in [6.07, 6.45) is -3.42. The number of tetrazole rings is 1. The third kappa shape index (κ3) is 2.11. The zero-order valence-corrected chi connectivity index (χ0v) is 9.43. The number of hydrogen-bond acceptors (Lipinski definition) is 5. The number of alkyl halides is 3. The average Bonchev–Trinajstić information content (AvgIpc) is 2.77. The van der Waals surface area contributed by atoms with Crippen molar-refractivity contribution < 1.29 is 17.9 Å². The molecule has 9 heteroatoms. The van der Waals surface area contributed by atoms with Gasteiger partial charge in [-0.2, -0.15) is 17.9 Å². The Morgan fingerprint density at radius 2 is 2.06 bits per heavy atom. The van der Waals surface area contributed by atoms with Crippen molar-refractivity contribution in [3.05, 3.63) is 23.7 Å². The molecule has 0 aliphatic carbocycles. The van der Waals surface area contributed by atoms with Crippen LogP contribution in [0.1, 0.15) is 11.4 Å². The highest BCUT2D eigenvalue weighted by Crippen LogP contribution is 2.28. The average molecular weight is 259 g/mol. The Morgan fingerprint density at radius 3 is 2.61 bits per heavy atom. The van der Waals surface area contributed by atoms with Crippen LogP contribution < -0.4 is 4.74 Å². The second kappa shape index (κ2) is 4.24. The summed E-state index contributed by atoms with van der Waals surface area (Å²) < 4.78 is 43.3. The lowest BCUT2D eigenvalue weighted by atomic mass is 10.3. The van der Waals surface area contributed by atoms with Crippen LogP contribution in [0.5, 0.6) is 5.88 Å². The van der Waals surface area contributed by atoms with Crippen molar-refractivity contribution in [2.45, 2.75) is 13.1 Å². The molecule has 18 heavy (non-hydrogen) atoms. The van der Waals surface area contributed by atoms with Crippen LogP contribution in [-0.4, -0.2) is 32.3 Å². The van der Waals surface area contributed by atoms with E-state index in [0.717, 1.165) is 0 Å². The molecule has 0 aliphatic rings. The van der Waals surface area contributed by atoms with Crippen LogP contribution in [0.15, 0.2) is 12.3 Å². The van der Waals surface area contributed by atoms with Crippen molar-refractivity contribution in [1.29, 1.82) is 0 Å². The van der Waals surface area contributed by atoms with Crippen molar-refractivity contribution >= 4 is 0 Å². The van der Waals surface area contributed by atoms with E-state index >= 15 is 0 Å². The summed E-state index contributed by atoms with van der Waals surface area (Å²) in [4.78, 5) is 3.87.